The Hall–Kier alpha value is -3.11. The number of hydrogen-bond acceptors (Lipinski definition) is 5. The van der Waals surface area contributed by atoms with Gasteiger partial charge in [0, 0.05) is 21.2 Å². The van der Waals surface area contributed by atoms with E-state index in [1.54, 1.807) is 25.1 Å². The largest absolute Gasteiger partial charge is 0.480 e. The van der Waals surface area contributed by atoms with Crippen molar-refractivity contribution >= 4 is 59.9 Å². The molecule has 0 aliphatic rings. The number of nitrogens with two attached hydrogens (primary N) is 1. The standard InChI is InChI=1S/C25H20BrClN2O5S/c1-15-11-19(35(28,31)32)7-9-22(15)29-25(30)14-33-23-10-5-17(27)13-24(23)34-18-6-8-20-16(12-18)3-2-4-21(20)26/h2-13H,14H2,1H3,(H,29,30)(H2,28,31,32). The van der Waals surface area contributed by atoms with Gasteiger partial charge in [0.2, 0.25) is 10.0 Å². The molecule has 4 aromatic carbocycles. The van der Waals surface area contributed by atoms with Crippen molar-refractivity contribution in [3.63, 3.8) is 0 Å². The lowest BCUT2D eigenvalue weighted by Crippen LogP contribution is -2.21. The molecule has 35 heavy (non-hydrogen) atoms. The van der Waals surface area contributed by atoms with Gasteiger partial charge in [0.25, 0.3) is 5.91 Å². The van der Waals surface area contributed by atoms with Gasteiger partial charge in [-0.05, 0) is 77.9 Å². The van der Waals surface area contributed by atoms with Crippen molar-refractivity contribution in [2.75, 3.05) is 11.9 Å². The molecule has 0 bridgehead atoms. The van der Waals surface area contributed by atoms with Crippen molar-refractivity contribution in [1.82, 2.24) is 0 Å². The molecule has 0 fully saturated rings. The van der Waals surface area contributed by atoms with Crippen LogP contribution in [-0.2, 0) is 14.8 Å². The molecule has 180 valence electrons. The lowest BCUT2D eigenvalue weighted by Gasteiger charge is -2.14. The van der Waals surface area contributed by atoms with Gasteiger partial charge in [-0.25, -0.2) is 13.6 Å². The zero-order valence-electron chi connectivity index (χ0n) is 18.4. The Labute approximate surface area is 216 Å². The third kappa shape index (κ3) is 6.12. The minimum absolute atomic E-state index is 0.0340. The number of nitrogens with one attached hydrogen (secondary N) is 1. The molecule has 0 saturated carbocycles. The first kappa shape index (κ1) is 25.0. The number of amides is 1. The van der Waals surface area contributed by atoms with Crippen LogP contribution in [0, 0.1) is 6.92 Å². The smallest absolute Gasteiger partial charge is 0.262 e. The number of sulfonamides is 1. The van der Waals surface area contributed by atoms with Gasteiger partial charge in [-0.1, -0.05) is 39.7 Å². The normalized spacial score (nSPS) is 11.3. The second-order valence-electron chi connectivity index (χ2n) is 7.67. The number of aryl methyl sites for hydroxylation is 1. The number of ether oxygens (including phenoxy) is 2. The molecule has 0 spiro atoms. The zero-order chi connectivity index (χ0) is 25.2. The fourth-order valence-electron chi connectivity index (χ4n) is 3.38. The summed E-state index contributed by atoms with van der Waals surface area (Å²) in [6.07, 6.45) is 0. The first-order chi connectivity index (χ1) is 16.6. The first-order valence-electron chi connectivity index (χ1n) is 10.3. The summed E-state index contributed by atoms with van der Waals surface area (Å²) in [5.74, 6) is 0.833. The van der Waals surface area contributed by atoms with Crippen molar-refractivity contribution in [1.29, 1.82) is 0 Å². The highest BCUT2D eigenvalue weighted by molar-refractivity contribution is 9.10. The molecule has 0 atom stereocenters. The third-order valence-corrected chi connectivity index (χ3v) is 6.93. The van der Waals surface area contributed by atoms with E-state index in [-0.39, 0.29) is 11.5 Å². The summed E-state index contributed by atoms with van der Waals surface area (Å²) in [4.78, 5) is 12.5. The van der Waals surface area contributed by atoms with Crippen molar-refractivity contribution in [3.8, 4) is 17.2 Å². The van der Waals surface area contributed by atoms with E-state index < -0.39 is 15.9 Å². The molecule has 0 aromatic heterocycles. The average molecular weight is 576 g/mol. The first-order valence-corrected chi connectivity index (χ1v) is 13.0. The van der Waals surface area contributed by atoms with Crippen LogP contribution in [0.3, 0.4) is 0 Å². The zero-order valence-corrected chi connectivity index (χ0v) is 21.6. The Balaban J connectivity index is 1.47. The van der Waals surface area contributed by atoms with Gasteiger partial charge in [-0.2, -0.15) is 0 Å². The second-order valence-corrected chi connectivity index (χ2v) is 10.5. The van der Waals surface area contributed by atoms with Crippen LogP contribution in [0.1, 0.15) is 5.56 Å². The minimum atomic E-state index is -3.83. The highest BCUT2D eigenvalue weighted by Gasteiger charge is 2.14. The number of hydrogen-bond donors (Lipinski definition) is 2. The van der Waals surface area contributed by atoms with Gasteiger partial charge < -0.3 is 14.8 Å². The van der Waals surface area contributed by atoms with Crippen molar-refractivity contribution in [2.24, 2.45) is 5.14 Å². The van der Waals surface area contributed by atoms with Gasteiger partial charge in [0.05, 0.1) is 4.90 Å². The summed E-state index contributed by atoms with van der Waals surface area (Å²) in [5, 5.41) is 10.3. The molecule has 0 unspecified atom stereocenters. The van der Waals surface area contributed by atoms with E-state index >= 15 is 0 Å². The summed E-state index contributed by atoms with van der Waals surface area (Å²) < 4.78 is 35.7. The van der Waals surface area contributed by atoms with Crippen LogP contribution in [0.2, 0.25) is 5.02 Å². The fourth-order valence-corrected chi connectivity index (χ4v) is 4.65. The topological polar surface area (TPSA) is 108 Å². The summed E-state index contributed by atoms with van der Waals surface area (Å²) in [5.41, 5.74) is 0.990. The number of carbonyl (C=O) groups excluding carboxylic acids is 1. The van der Waals surface area contributed by atoms with E-state index in [1.807, 2.05) is 36.4 Å². The molecule has 0 heterocycles. The Morgan fingerprint density at radius 3 is 2.57 bits per heavy atom. The van der Waals surface area contributed by atoms with E-state index in [1.165, 1.54) is 18.2 Å². The molecule has 0 aliphatic carbocycles. The molecular formula is C25H20BrClN2O5S. The van der Waals surface area contributed by atoms with E-state index in [0.29, 0.717) is 33.5 Å². The van der Waals surface area contributed by atoms with E-state index in [4.69, 9.17) is 26.2 Å². The molecule has 1 amide bonds. The molecule has 0 radical (unpaired) electrons. The molecule has 0 aliphatic heterocycles. The molecule has 3 N–H and O–H groups in total. The maximum Gasteiger partial charge on any atom is 0.262 e. The average Bonchev–Trinajstić information content (AvgIpc) is 2.79. The van der Waals surface area contributed by atoms with Crippen LogP contribution in [0.25, 0.3) is 10.8 Å². The summed E-state index contributed by atoms with van der Waals surface area (Å²) in [7, 11) is -3.83. The number of carbonyl (C=O) groups is 1. The number of primary sulfonamides is 1. The van der Waals surface area contributed by atoms with Crippen molar-refractivity contribution in [3.05, 3.63) is 87.9 Å². The molecular weight excluding hydrogens is 556 g/mol. The van der Waals surface area contributed by atoms with Crippen molar-refractivity contribution < 1.29 is 22.7 Å². The second kappa shape index (κ2) is 10.2. The molecule has 4 rings (SSSR count). The maximum atomic E-state index is 12.5. The van der Waals surface area contributed by atoms with Crippen LogP contribution in [0.15, 0.2) is 82.2 Å². The lowest BCUT2D eigenvalue weighted by atomic mass is 10.1. The predicted octanol–water partition coefficient (Wildman–Crippen LogP) is 6.02. The molecule has 0 saturated heterocycles. The summed E-state index contributed by atoms with van der Waals surface area (Å²) in [6, 6.07) is 20.6. The van der Waals surface area contributed by atoms with Gasteiger partial charge >= 0.3 is 0 Å². The Morgan fingerprint density at radius 2 is 1.83 bits per heavy atom. The van der Waals surface area contributed by atoms with Crippen LogP contribution in [-0.4, -0.2) is 20.9 Å². The fraction of sp³-hybridized carbons (Fsp3) is 0.0800. The Bertz CT molecular complexity index is 1540. The van der Waals surface area contributed by atoms with E-state index in [0.717, 1.165) is 15.2 Å². The summed E-state index contributed by atoms with van der Waals surface area (Å²) in [6.45, 7) is 1.36. The van der Waals surface area contributed by atoms with Gasteiger partial charge in [0.15, 0.2) is 18.1 Å². The van der Waals surface area contributed by atoms with Gasteiger partial charge in [-0.3, -0.25) is 4.79 Å². The highest BCUT2D eigenvalue weighted by Crippen LogP contribution is 2.36. The molecule has 4 aromatic rings. The number of rotatable bonds is 7. The van der Waals surface area contributed by atoms with Crippen LogP contribution < -0.4 is 19.9 Å². The number of benzene rings is 4. The third-order valence-electron chi connectivity index (χ3n) is 5.09. The van der Waals surface area contributed by atoms with Gasteiger partial charge in [0.1, 0.15) is 5.75 Å². The van der Waals surface area contributed by atoms with E-state index in [2.05, 4.69) is 21.2 Å². The monoisotopic (exact) mass is 574 g/mol. The Kier molecular flexibility index (Phi) is 7.32. The minimum Gasteiger partial charge on any atom is -0.480 e. The highest BCUT2D eigenvalue weighted by atomic mass is 79.9. The van der Waals surface area contributed by atoms with E-state index in [9.17, 15) is 13.2 Å². The Morgan fingerprint density at radius 1 is 1.03 bits per heavy atom. The number of anilines is 1. The maximum absolute atomic E-state index is 12.5. The quantitative estimate of drug-likeness (QED) is 0.280. The lowest BCUT2D eigenvalue weighted by molar-refractivity contribution is -0.118. The summed E-state index contributed by atoms with van der Waals surface area (Å²) >= 11 is 9.69. The number of halogens is 2. The number of fused-ring (bicyclic) bond motifs is 1. The van der Waals surface area contributed by atoms with Crippen LogP contribution >= 0.6 is 27.5 Å². The van der Waals surface area contributed by atoms with Crippen molar-refractivity contribution in [2.45, 2.75) is 11.8 Å². The van der Waals surface area contributed by atoms with Gasteiger partial charge in [-0.15, -0.1) is 0 Å². The van der Waals surface area contributed by atoms with Crippen LogP contribution in [0.5, 0.6) is 17.2 Å². The van der Waals surface area contributed by atoms with Crippen LogP contribution in [0.4, 0.5) is 5.69 Å². The SMILES string of the molecule is Cc1cc(S(N)(=O)=O)ccc1NC(=O)COc1ccc(Cl)cc1Oc1ccc2c(Br)cccc2c1. The predicted molar refractivity (Wildman–Crippen MR) is 140 cm³/mol. The molecule has 7 nitrogen and oxygen atoms in total. The molecule has 10 heteroatoms.